The highest BCUT2D eigenvalue weighted by Crippen LogP contribution is 2.44. The zero-order valence-electron chi connectivity index (χ0n) is 11.3. The number of nitrogens with zero attached hydrogens (tertiary/aromatic N) is 1. The minimum Gasteiger partial charge on any atom is -0.314 e. The van der Waals surface area contributed by atoms with E-state index in [1.165, 1.54) is 18.9 Å². The van der Waals surface area contributed by atoms with Gasteiger partial charge in [0, 0.05) is 42.3 Å². The van der Waals surface area contributed by atoms with Gasteiger partial charge in [0.15, 0.2) is 0 Å². The summed E-state index contributed by atoms with van der Waals surface area (Å²) in [6.45, 7) is 5.91. The van der Waals surface area contributed by atoms with E-state index >= 15 is 0 Å². The van der Waals surface area contributed by atoms with Crippen LogP contribution in [0, 0.1) is 11.7 Å². The van der Waals surface area contributed by atoms with E-state index in [1.54, 1.807) is 12.1 Å². The highest BCUT2D eigenvalue weighted by Gasteiger charge is 2.46. The van der Waals surface area contributed by atoms with Crippen molar-refractivity contribution in [2.24, 2.45) is 5.92 Å². The van der Waals surface area contributed by atoms with Gasteiger partial charge in [0.25, 0.3) is 0 Å². The maximum absolute atomic E-state index is 13.9. The molecule has 1 aliphatic carbocycles. The number of benzene rings is 1. The molecule has 1 heterocycles. The van der Waals surface area contributed by atoms with Crippen molar-refractivity contribution in [3.05, 3.63) is 34.6 Å². The third kappa shape index (κ3) is 2.64. The van der Waals surface area contributed by atoms with Gasteiger partial charge >= 0.3 is 0 Å². The number of rotatable bonds is 3. The Labute approximate surface area is 118 Å². The third-order valence-corrected chi connectivity index (χ3v) is 4.82. The van der Waals surface area contributed by atoms with Crippen LogP contribution in [0.4, 0.5) is 4.39 Å². The lowest BCUT2D eigenvalue weighted by atomic mass is 9.90. The van der Waals surface area contributed by atoms with Crippen molar-refractivity contribution < 1.29 is 4.39 Å². The predicted octanol–water partition coefficient (Wildman–Crippen LogP) is 3.05. The molecule has 0 radical (unpaired) electrons. The number of halogens is 2. The number of nitrogens with one attached hydrogen (secondary N) is 1. The molecule has 104 valence electrons. The van der Waals surface area contributed by atoms with Crippen LogP contribution in [0.1, 0.15) is 25.3 Å². The van der Waals surface area contributed by atoms with Gasteiger partial charge in [-0.3, -0.25) is 4.90 Å². The van der Waals surface area contributed by atoms with Crippen LogP contribution in [-0.4, -0.2) is 30.1 Å². The van der Waals surface area contributed by atoms with E-state index in [2.05, 4.69) is 17.1 Å². The second-order valence-electron chi connectivity index (χ2n) is 5.97. The monoisotopic (exact) mass is 282 g/mol. The Morgan fingerprint density at radius 3 is 3.00 bits per heavy atom. The van der Waals surface area contributed by atoms with E-state index in [9.17, 15) is 4.39 Å². The van der Waals surface area contributed by atoms with Crippen molar-refractivity contribution in [2.75, 3.05) is 19.6 Å². The molecule has 0 bridgehead atoms. The van der Waals surface area contributed by atoms with Crippen molar-refractivity contribution >= 4 is 11.6 Å². The van der Waals surface area contributed by atoms with E-state index in [-0.39, 0.29) is 11.4 Å². The van der Waals surface area contributed by atoms with E-state index in [0.717, 1.165) is 25.6 Å². The van der Waals surface area contributed by atoms with Crippen molar-refractivity contribution in [1.29, 1.82) is 0 Å². The zero-order valence-corrected chi connectivity index (χ0v) is 12.0. The first-order valence-corrected chi connectivity index (χ1v) is 7.37. The van der Waals surface area contributed by atoms with E-state index in [1.807, 2.05) is 0 Å². The van der Waals surface area contributed by atoms with Gasteiger partial charge in [-0.2, -0.15) is 0 Å². The molecule has 19 heavy (non-hydrogen) atoms. The third-order valence-electron chi connectivity index (χ3n) is 4.59. The van der Waals surface area contributed by atoms with Gasteiger partial charge in [0.2, 0.25) is 0 Å². The Morgan fingerprint density at radius 2 is 2.26 bits per heavy atom. The van der Waals surface area contributed by atoms with Crippen LogP contribution < -0.4 is 5.32 Å². The van der Waals surface area contributed by atoms with Gasteiger partial charge in [0.05, 0.1) is 0 Å². The Kier molecular flexibility index (Phi) is 3.54. The van der Waals surface area contributed by atoms with Crippen LogP contribution >= 0.6 is 11.6 Å². The summed E-state index contributed by atoms with van der Waals surface area (Å²) in [6.07, 6.45) is 2.60. The molecule has 2 nitrogen and oxygen atoms in total. The fourth-order valence-electron chi connectivity index (χ4n) is 3.16. The molecule has 1 N–H and O–H groups in total. The standard InChI is InChI=1S/C15H20ClFN2/c1-15(12-2-3-12)10-18-6-7-19(15)9-11-8-13(16)4-5-14(11)17/h4-5,8,12,18H,2-3,6-7,9-10H2,1H3. The lowest BCUT2D eigenvalue weighted by Gasteiger charge is -2.46. The molecule has 1 saturated heterocycles. The molecule has 0 spiro atoms. The molecule has 1 aliphatic heterocycles. The SMILES string of the molecule is CC1(C2CC2)CNCCN1Cc1cc(Cl)ccc1F. The maximum atomic E-state index is 13.9. The van der Waals surface area contributed by atoms with Gasteiger partial charge < -0.3 is 5.32 Å². The summed E-state index contributed by atoms with van der Waals surface area (Å²) in [5.41, 5.74) is 0.869. The smallest absolute Gasteiger partial charge is 0.127 e. The number of hydrogen-bond acceptors (Lipinski definition) is 2. The van der Waals surface area contributed by atoms with Gasteiger partial charge in [-0.25, -0.2) is 4.39 Å². The summed E-state index contributed by atoms with van der Waals surface area (Å²) < 4.78 is 13.9. The number of hydrogen-bond donors (Lipinski definition) is 1. The molecule has 0 amide bonds. The Hall–Kier alpha value is -0.640. The highest BCUT2D eigenvalue weighted by atomic mass is 35.5. The molecule has 2 aliphatic rings. The van der Waals surface area contributed by atoms with Crippen LogP contribution in [0.5, 0.6) is 0 Å². The van der Waals surface area contributed by atoms with Gasteiger partial charge in [-0.05, 0) is 43.9 Å². The van der Waals surface area contributed by atoms with Crippen LogP contribution in [0.3, 0.4) is 0 Å². The summed E-state index contributed by atoms with van der Waals surface area (Å²) in [7, 11) is 0. The molecule has 4 heteroatoms. The first kappa shape index (κ1) is 13.3. The van der Waals surface area contributed by atoms with E-state index in [4.69, 9.17) is 11.6 Å². The normalized spacial score (nSPS) is 28.6. The topological polar surface area (TPSA) is 15.3 Å². The number of piperazine rings is 1. The second-order valence-corrected chi connectivity index (χ2v) is 6.40. The largest absolute Gasteiger partial charge is 0.314 e. The Balaban J connectivity index is 1.82. The zero-order chi connectivity index (χ0) is 13.5. The average molecular weight is 283 g/mol. The fraction of sp³-hybridized carbons (Fsp3) is 0.600. The molecule has 1 aromatic rings. The summed E-state index contributed by atoms with van der Waals surface area (Å²) in [5, 5.41) is 4.09. The van der Waals surface area contributed by atoms with Crippen molar-refractivity contribution in [3.8, 4) is 0 Å². The molecule has 2 fully saturated rings. The van der Waals surface area contributed by atoms with E-state index < -0.39 is 0 Å². The fourth-order valence-corrected chi connectivity index (χ4v) is 3.35. The molecule has 1 atom stereocenters. The van der Waals surface area contributed by atoms with Gasteiger partial charge in [-0.15, -0.1) is 0 Å². The molecule has 0 aromatic heterocycles. The van der Waals surface area contributed by atoms with Crippen molar-refractivity contribution in [3.63, 3.8) is 0 Å². The predicted molar refractivity (Wildman–Crippen MR) is 75.8 cm³/mol. The molecule has 1 aromatic carbocycles. The summed E-state index contributed by atoms with van der Waals surface area (Å²) >= 11 is 5.98. The quantitative estimate of drug-likeness (QED) is 0.917. The molecule has 1 saturated carbocycles. The lowest BCUT2D eigenvalue weighted by molar-refractivity contribution is 0.0475. The maximum Gasteiger partial charge on any atom is 0.127 e. The van der Waals surface area contributed by atoms with Gasteiger partial charge in [0.1, 0.15) is 5.82 Å². The van der Waals surface area contributed by atoms with Crippen LogP contribution in [0.2, 0.25) is 5.02 Å². The highest BCUT2D eigenvalue weighted by molar-refractivity contribution is 6.30. The minimum atomic E-state index is -0.152. The first-order chi connectivity index (χ1) is 9.09. The lowest BCUT2D eigenvalue weighted by Crippen LogP contribution is -2.60. The summed E-state index contributed by atoms with van der Waals surface area (Å²) in [4.78, 5) is 2.43. The van der Waals surface area contributed by atoms with Crippen molar-refractivity contribution in [2.45, 2.75) is 31.8 Å². The summed E-state index contributed by atoms with van der Waals surface area (Å²) in [6, 6.07) is 4.83. The van der Waals surface area contributed by atoms with Crippen molar-refractivity contribution in [1.82, 2.24) is 10.2 Å². The molecular weight excluding hydrogens is 263 g/mol. The van der Waals surface area contributed by atoms with Crippen LogP contribution in [0.15, 0.2) is 18.2 Å². The minimum absolute atomic E-state index is 0.152. The first-order valence-electron chi connectivity index (χ1n) is 6.99. The second kappa shape index (κ2) is 5.04. The average Bonchev–Trinajstić information content (AvgIpc) is 3.21. The summed E-state index contributed by atoms with van der Waals surface area (Å²) in [5.74, 6) is 0.601. The molecular formula is C15H20ClFN2. The molecule has 3 rings (SSSR count). The van der Waals surface area contributed by atoms with Crippen LogP contribution in [0.25, 0.3) is 0 Å². The molecule has 1 unspecified atom stereocenters. The Morgan fingerprint density at radius 1 is 1.47 bits per heavy atom. The Bertz CT molecular complexity index is 475. The van der Waals surface area contributed by atoms with Gasteiger partial charge in [-0.1, -0.05) is 11.6 Å². The van der Waals surface area contributed by atoms with E-state index in [0.29, 0.717) is 17.1 Å². The van der Waals surface area contributed by atoms with Crippen LogP contribution in [-0.2, 0) is 6.54 Å².